The van der Waals surface area contributed by atoms with Crippen LogP contribution >= 0.6 is 0 Å². The highest BCUT2D eigenvalue weighted by atomic mass is 16.8. The number of allylic oxidation sites excluding steroid dienone is 1. The topological polar surface area (TPSA) is 373 Å². The summed E-state index contributed by atoms with van der Waals surface area (Å²) in [6.07, 6.45) is 22.7. The van der Waals surface area contributed by atoms with Crippen LogP contribution in [0.1, 0.15) is 284 Å². The number of ether oxygens (including phenoxy) is 6. The van der Waals surface area contributed by atoms with Crippen LogP contribution in [0, 0.1) is 0 Å². The second kappa shape index (κ2) is 51.6. The predicted molar refractivity (Wildman–Crippen MR) is 357 cm³/mol. The van der Waals surface area contributed by atoms with E-state index >= 15 is 0 Å². The summed E-state index contributed by atoms with van der Waals surface area (Å²) in [5, 5.41) is 136. The highest BCUT2D eigenvalue weighted by Gasteiger charge is 2.60. The van der Waals surface area contributed by atoms with E-state index in [4.69, 9.17) is 28.4 Å². The molecule has 0 aromatic heterocycles. The van der Waals surface area contributed by atoms with Crippen LogP contribution < -0.4 is 10.6 Å². The Morgan fingerprint density at radius 2 is 0.989 bits per heavy atom. The number of carboxylic acid groups (broad SMARTS) is 1. The Kier molecular flexibility index (Phi) is 47.0. The molecule has 3 aliphatic rings. The Morgan fingerprint density at radius 1 is 0.553 bits per heavy atom. The number of rotatable bonds is 57. The first-order valence-electron chi connectivity index (χ1n) is 37.1. The standard InChI is InChI=1S/C71H132N2O21/c1-4-6-8-10-12-14-16-18-19-20-21-22-23-24-25-26-27-28-29-30-31-33-35-37-39-41-43-45-58(81)73-52(53(78)44-42-40-38-36-34-32-17-15-13-11-9-7-5-2)50-89-68-63(85)62(84)65(57(49-76)91-68)92-69-64(86)67(61(83)56(48-75)90-69)94-71(70(87)88)46-54(79)59(72-51(3)77)66(93-71)60(82)55(80)47-74/h42,44,52-57,59-69,74-76,78-80,82-86H,4-41,43,45-50H2,1-3H3,(H,72,77)(H,73,81)(H,87,88)/b44-42+. The number of aliphatic carboxylic acids is 1. The SMILES string of the molecule is CCCCCCCCCCCCC/C=C/C(O)C(COC1OC(CO)C(OC2OC(CO)C(O)C(OC3(C(=O)O)CC(O)C(NC(C)=O)C(C(O)C(O)CO)O3)C2O)C(O)C1O)NC(=O)CCCCCCCCCCCCCCCCCCCCCCCCCCCCC. The van der Waals surface area contributed by atoms with Gasteiger partial charge in [0.25, 0.3) is 5.79 Å². The molecule has 14 N–H and O–H groups in total. The van der Waals surface area contributed by atoms with Crippen molar-refractivity contribution in [3.05, 3.63) is 12.2 Å². The summed E-state index contributed by atoms with van der Waals surface area (Å²) in [4.78, 5) is 38.6. The number of aliphatic hydroxyl groups is 11. The highest BCUT2D eigenvalue weighted by molar-refractivity contribution is 5.77. The number of carbonyl (C=O) groups excluding carboxylic acids is 2. The van der Waals surface area contributed by atoms with Gasteiger partial charge in [-0.15, -0.1) is 0 Å². The molecule has 2 amide bonds. The smallest absolute Gasteiger partial charge is 0.364 e. The number of hydrogen-bond donors (Lipinski definition) is 14. The number of carbonyl (C=O) groups is 3. The fourth-order valence-corrected chi connectivity index (χ4v) is 13.1. The average Bonchev–Trinajstić information content (AvgIpc) is 0.760. The van der Waals surface area contributed by atoms with Crippen molar-refractivity contribution in [1.82, 2.24) is 10.6 Å². The van der Waals surface area contributed by atoms with Crippen LogP contribution in [0.25, 0.3) is 0 Å². The molecule has 3 rings (SSSR count). The minimum absolute atomic E-state index is 0.205. The largest absolute Gasteiger partial charge is 0.477 e. The summed E-state index contributed by atoms with van der Waals surface area (Å²) in [6, 6.07) is -2.61. The zero-order chi connectivity index (χ0) is 68.9. The molecule has 552 valence electrons. The van der Waals surface area contributed by atoms with Gasteiger partial charge < -0.3 is 100 Å². The van der Waals surface area contributed by atoms with Crippen LogP contribution in [0.4, 0.5) is 0 Å². The molecule has 94 heavy (non-hydrogen) atoms. The normalized spacial score (nSPS) is 27.9. The number of hydrogen-bond acceptors (Lipinski definition) is 20. The Hall–Kier alpha value is -2.53. The minimum atomic E-state index is -3.08. The quantitative estimate of drug-likeness (QED) is 0.0203. The molecular weight excluding hydrogens is 1220 g/mol. The molecule has 0 aromatic rings. The molecule has 18 unspecified atom stereocenters. The summed E-state index contributed by atoms with van der Waals surface area (Å²) in [5.41, 5.74) is 0. The Bertz CT molecular complexity index is 1940. The maximum absolute atomic E-state index is 13.5. The minimum Gasteiger partial charge on any atom is -0.477 e. The van der Waals surface area contributed by atoms with Gasteiger partial charge in [0.2, 0.25) is 11.8 Å². The van der Waals surface area contributed by atoms with Crippen LogP contribution in [0.5, 0.6) is 0 Å². The lowest BCUT2D eigenvalue weighted by Crippen LogP contribution is -2.70. The van der Waals surface area contributed by atoms with Gasteiger partial charge in [0.15, 0.2) is 12.6 Å². The van der Waals surface area contributed by atoms with E-state index in [1.165, 1.54) is 193 Å². The van der Waals surface area contributed by atoms with Crippen LogP contribution in [0.2, 0.25) is 0 Å². The zero-order valence-electron chi connectivity index (χ0n) is 57.8. The summed E-state index contributed by atoms with van der Waals surface area (Å²) >= 11 is 0. The van der Waals surface area contributed by atoms with Crippen molar-refractivity contribution in [3.8, 4) is 0 Å². The lowest BCUT2D eigenvalue weighted by Gasteiger charge is -2.50. The van der Waals surface area contributed by atoms with E-state index in [1.807, 2.05) is 6.08 Å². The Balaban J connectivity index is 1.52. The van der Waals surface area contributed by atoms with Gasteiger partial charge in [0.1, 0.15) is 67.1 Å². The first-order chi connectivity index (χ1) is 45.4. The predicted octanol–water partition coefficient (Wildman–Crippen LogP) is 7.85. The Morgan fingerprint density at radius 3 is 1.41 bits per heavy atom. The number of amides is 2. The van der Waals surface area contributed by atoms with Gasteiger partial charge in [0.05, 0.1) is 50.7 Å². The second-order valence-corrected chi connectivity index (χ2v) is 27.2. The zero-order valence-corrected chi connectivity index (χ0v) is 57.8. The monoisotopic (exact) mass is 1350 g/mol. The molecule has 0 spiro atoms. The molecule has 0 saturated carbocycles. The van der Waals surface area contributed by atoms with E-state index in [0.717, 1.165) is 51.9 Å². The van der Waals surface area contributed by atoms with Crippen molar-refractivity contribution in [3.63, 3.8) is 0 Å². The number of carboxylic acids is 1. The van der Waals surface area contributed by atoms with E-state index in [0.29, 0.717) is 12.8 Å². The van der Waals surface area contributed by atoms with Crippen molar-refractivity contribution in [2.45, 2.75) is 394 Å². The van der Waals surface area contributed by atoms with Gasteiger partial charge >= 0.3 is 5.97 Å². The maximum Gasteiger partial charge on any atom is 0.364 e. The van der Waals surface area contributed by atoms with E-state index in [2.05, 4.69) is 24.5 Å². The fourth-order valence-electron chi connectivity index (χ4n) is 13.1. The molecule has 3 aliphatic heterocycles. The molecule has 0 aliphatic carbocycles. The first-order valence-corrected chi connectivity index (χ1v) is 37.1. The molecule has 23 heteroatoms. The van der Waals surface area contributed by atoms with Crippen LogP contribution in [-0.4, -0.2) is 215 Å². The molecule has 0 radical (unpaired) electrons. The lowest BCUT2D eigenvalue weighted by molar-refractivity contribution is -0.386. The molecule has 0 aromatic carbocycles. The lowest BCUT2D eigenvalue weighted by atomic mass is 9.88. The molecule has 3 heterocycles. The van der Waals surface area contributed by atoms with Gasteiger partial charge in [-0.2, -0.15) is 0 Å². The van der Waals surface area contributed by atoms with Crippen molar-refractivity contribution in [2.75, 3.05) is 26.4 Å². The van der Waals surface area contributed by atoms with Gasteiger partial charge in [-0.3, -0.25) is 9.59 Å². The summed E-state index contributed by atoms with van der Waals surface area (Å²) in [5.74, 6) is -6.13. The van der Waals surface area contributed by atoms with Gasteiger partial charge in [-0.1, -0.05) is 257 Å². The van der Waals surface area contributed by atoms with E-state index in [-0.39, 0.29) is 12.3 Å². The molecule has 3 fully saturated rings. The molecule has 18 atom stereocenters. The van der Waals surface area contributed by atoms with E-state index in [9.17, 15) is 75.7 Å². The van der Waals surface area contributed by atoms with Crippen LogP contribution in [0.15, 0.2) is 12.2 Å². The van der Waals surface area contributed by atoms with Gasteiger partial charge in [-0.05, 0) is 19.3 Å². The third kappa shape index (κ3) is 33.1. The van der Waals surface area contributed by atoms with Gasteiger partial charge in [-0.25, -0.2) is 4.79 Å². The summed E-state index contributed by atoms with van der Waals surface area (Å²) in [6.45, 7) is 2.15. The number of nitrogens with one attached hydrogen (secondary N) is 2. The third-order valence-corrected chi connectivity index (χ3v) is 19.0. The summed E-state index contributed by atoms with van der Waals surface area (Å²) < 4.78 is 34.8. The van der Waals surface area contributed by atoms with Crippen LogP contribution in [-0.2, 0) is 42.8 Å². The second-order valence-electron chi connectivity index (χ2n) is 27.2. The molecule has 0 bridgehead atoms. The number of unbranched alkanes of at least 4 members (excludes halogenated alkanes) is 37. The highest BCUT2D eigenvalue weighted by Crippen LogP contribution is 2.39. The van der Waals surface area contributed by atoms with Crippen molar-refractivity contribution >= 4 is 17.8 Å². The Labute approximate surface area is 562 Å². The third-order valence-electron chi connectivity index (χ3n) is 19.0. The van der Waals surface area contributed by atoms with Crippen molar-refractivity contribution in [2.24, 2.45) is 0 Å². The average molecular weight is 1350 g/mol. The van der Waals surface area contributed by atoms with Gasteiger partial charge in [0, 0.05) is 19.8 Å². The summed E-state index contributed by atoms with van der Waals surface area (Å²) in [7, 11) is 0. The van der Waals surface area contributed by atoms with E-state index in [1.54, 1.807) is 6.08 Å². The van der Waals surface area contributed by atoms with Crippen molar-refractivity contribution in [1.29, 1.82) is 0 Å². The molecule has 23 nitrogen and oxygen atoms in total. The first kappa shape index (κ1) is 85.7. The molecule has 3 saturated heterocycles. The van der Waals surface area contributed by atoms with Crippen molar-refractivity contribution < 1.29 is 104 Å². The van der Waals surface area contributed by atoms with E-state index < -0.39 is 155 Å². The number of aliphatic hydroxyl groups excluding tert-OH is 11. The fraction of sp³-hybridized carbons (Fsp3) is 0.930. The maximum atomic E-state index is 13.5. The van der Waals surface area contributed by atoms with Crippen LogP contribution in [0.3, 0.4) is 0 Å². The molecular formula is C71H132N2O21.